The van der Waals surface area contributed by atoms with Crippen LogP contribution in [0.1, 0.15) is 22.9 Å². The zero-order chi connectivity index (χ0) is 24.2. The molecule has 2 aromatic carbocycles. The van der Waals surface area contributed by atoms with Gasteiger partial charge in [0.15, 0.2) is 12.1 Å². The molecular weight excluding hydrogens is 462 g/mol. The monoisotopic (exact) mass is 483 g/mol. The first-order valence-electron chi connectivity index (χ1n) is 11.0. The number of thioether (sulfide) groups is 1. The Kier molecular flexibility index (Phi) is 6.45. The predicted molar refractivity (Wildman–Crippen MR) is 133 cm³/mol. The number of fused-ring (bicyclic) bond motifs is 1. The van der Waals surface area contributed by atoms with Gasteiger partial charge < -0.3 is 14.8 Å². The van der Waals surface area contributed by atoms with Crippen molar-refractivity contribution in [3.05, 3.63) is 118 Å². The molecule has 2 aliphatic rings. The number of ether oxygens (including phenoxy) is 1. The summed E-state index contributed by atoms with van der Waals surface area (Å²) < 4.78 is 6.04. The smallest absolute Gasteiger partial charge is 0.334 e. The van der Waals surface area contributed by atoms with Crippen LogP contribution >= 0.6 is 11.8 Å². The minimum atomic E-state index is -1.04. The van der Waals surface area contributed by atoms with Gasteiger partial charge in [-0.3, -0.25) is 9.78 Å². The molecule has 0 radical (unpaired) electrons. The molecule has 1 N–H and O–H groups in total. The van der Waals surface area contributed by atoms with Crippen molar-refractivity contribution < 1.29 is 19.5 Å². The third kappa shape index (κ3) is 4.48. The number of amides is 1. The Labute approximate surface area is 206 Å². The maximum absolute atomic E-state index is 13.6. The first kappa shape index (κ1) is 22.6. The lowest BCUT2D eigenvalue weighted by Gasteiger charge is -2.48. The number of hydrogen-bond donors (Lipinski definition) is 1. The molecule has 1 amide bonds. The minimum absolute atomic E-state index is 0.289. The Morgan fingerprint density at radius 1 is 1.03 bits per heavy atom. The van der Waals surface area contributed by atoms with Gasteiger partial charge in [-0.05, 0) is 34.7 Å². The van der Waals surface area contributed by atoms with E-state index in [4.69, 9.17) is 4.74 Å². The number of aromatic nitrogens is 1. The van der Waals surface area contributed by atoms with Crippen LogP contribution in [0.5, 0.6) is 0 Å². The zero-order valence-corrected chi connectivity index (χ0v) is 19.3. The van der Waals surface area contributed by atoms with E-state index in [1.165, 1.54) is 22.9 Å². The number of rotatable bonds is 6. The van der Waals surface area contributed by atoms with Gasteiger partial charge in [0.05, 0.1) is 17.5 Å². The summed E-state index contributed by atoms with van der Waals surface area (Å²) in [5, 5.41) is 13.6. The van der Waals surface area contributed by atoms with Crippen LogP contribution in [0.25, 0.3) is 6.08 Å². The molecule has 7 nitrogen and oxygen atoms in total. The molecule has 3 aromatic rings. The zero-order valence-electron chi connectivity index (χ0n) is 18.5. The lowest BCUT2D eigenvalue weighted by atomic mass is 9.96. The molecule has 0 spiro atoms. The summed E-state index contributed by atoms with van der Waals surface area (Å²) in [5.41, 5.74) is 3.20. The maximum atomic E-state index is 13.6. The molecule has 2 aliphatic heterocycles. The molecule has 35 heavy (non-hydrogen) atoms. The van der Waals surface area contributed by atoms with Crippen molar-refractivity contribution in [2.75, 3.05) is 0 Å². The largest absolute Gasteiger partial charge is 0.451 e. The Hall–Kier alpha value is -4.17. The predicted octanol–water partition coefficient (Wildman–Crippen LogP) is 4.43. The summed E-state index contributed by atoms with van der Waals surface area (Å²) in [6.07, 6.45) is 3.90. The van der Waals surface area contributed by atoms with Gasteiger partial charge >= 0.3 is 5.97 Å². The fourth-order valence-corrected chi connectivity index (χ4v) is 5.28. The number of carbonyl (C=O) groups is 2. The quantitative estimate of drug-likeness (QED) is 0.139. The van der Waals surface area contributed by atoms with E-state index in [0.717, 1.165) is 11.1 Å². The van der Waals surface area contributed by atoms with Gasteiger partial charge in [-0.1, -0.05) is 71.9 Å². The summed E-state index contributed by atoms with van der Waals surface area (Å²) in [7, 11) is 0. The van der Waals surface area contributed by atoms with Crippen LogP contribution in [0.15, 0.2) is 107 Å². The number of benzene rings is 2. The first-order valence-corrected chi connectivity index (χ1v) is 11.9. The summed E-state index contributed by atoms with van der Waals surface area (Å²) in [6, 6.07) is 23.3. The summed E-state index contributed by atoms with van der Waals surface area (Å²) in [4.78, 5) is 32.5. The molecule has 1 fully saturated rings. The van der Waals surface area contributed by atoms with Crippen molar-refractivity contribution in [3.63, 3.8) is 0 Å². The van der Waals surface area contributed by atoms with Gasteiger partial charge in [0.2, 0.25) is 0 Å². The van der Waals surface area contributed by atoms with Crippen molar-refractivity contribution in [1.82, 2.24) is 9.88 Å². The lowest BCUT2D eigenvalue weighted by molar-refractivity contribution is -0.158. The fraction of sp³-hybridized carbons (Fsp3) is 0.111. The molecule has 3 heterocycles. The van der Waals surface area contributed by atoms with E-state index in [0.29, 0.717) is 16.8 Å². The Morgan fingerprint density at radius 2 is 1.69 bits per heavy atom. The molecule has 0 saturated carbocycles. The molecule has 2 atom stereocenters. The number of pyridine rings is 1. The van der Waals surface area contributed by atoms with Crippen LogP contribution < -0.4 is 0 Å². The molecule has 5 rings (SSSR count). The molecule has 0 unspecified atom stereocenters. The molecule has 1 saturated heterocycles. The standard InChI is InChI=1S/C27H21N3O4S/c31-25-22(15-21-13-7-8-14-28-21)26-30(25)23(20(16-29-33)17-35-26)27(32)34-24(18-9-3-1-4-10-18)19-11-5-2-6-12-19/h1-17,23-24,26,33H/b22-15-,29-16+/t23-,26-/m1/s1. The van der Waals surface area contributed by atoms with E-state index in [1.54, 1.807) is 23.7 Å². The normalized spacial score (nSPS) is 20.5. The molecule has 0 bridgehead atoms. The second-order valence-corrected chi connectivity index (χ2v) is 8.91. The first-order chi connectivity index (χ1) is 17.2. The lowest BCUT2D eigenvalue weighted by Crippen LogP contribution is -2.62. The third-order valence-electron chi connectivity index (χ3n) is 5.79. The van der Waals surface area contributed by atoms with Gasteiger partial charge in [0, 0.05) is 11.8 Å². The number of esters is 1. The Morgan fingerprint density at radius 3 is 2.29 bits per heavy atom. The van der Waals surface area contributed by atoms with Crippen molar-refractivity contribution in [2.24, 2.45) is 5.16 Å². The molecule has 174 valence electrons. The second-order valence-electron chi connectivity index (χ2n) is 7.96. The average molecular weight is 484 g/mol. The highest BCUT2D eigenvalue weighted by atomic mass is 32.2. The second kappa shape index (κ2) is 9.99. The number of carbonyl (C=O) groups excluding carboxylic acids is 2. The van der Waals surface area contributed by atoms with Crippen molar-refractivity contribution in [1.29, 1.82) is 0 Å². The van der Waals surface area contributed by atoms with Crippen LogP contribution in [0, 0.1) is 0 Å². The van der Waals surface area contributed by atoms with Crippen molar-refractivity contribution in [3.8, 4) is 0 Å². The van der Waals surface area contributed by atoms with Crippen LogP contribution in [-0.2, 0) is 14.3 Å². The topological polar surface area (TPSA) is 92.1 Å². The Bertz CT molecular complexity index is 1270. The Balaban J connectivity index is 1.46. The van der Waals surface area contributed by atoms with Gasteiger partial charge in [-0.25, -0.2) is 4.79 Å². The minimum Gasteiger partial charge on any atom is -0.451 e. The van der Waals surface area contributed by atoms with Crippen LogP contribution in [0.2, 0.25) is 0 Å². The number of β-lactam (4-membered cyclic amide) rings is 1. The van der Waals surface area contributed by atoms with E-state index >= 15 is 0 Å². The van der Waals surface area contributed by atoms with Gasteiger partial charge in [-0.15, -0.1) is 11.8 Å². The van der Waals surface area contributed by atoms with E-state index in [-0.39, 0.29) is 11.3 Å². The highest BCUT2D eigenvalue weighted by molar-refractivity contribution is 8.03. The highest BCUT2D eigenvalue weighted by Crippen LogP contribution is 2.44. The van der Waals surface area contributed by atoms with Crippen LogP contribution in [0.3, 0.4) is 0 Å². The van der Waals surface area contributed by atoms with Crippen LogP contribution in [0.4, 0.5) is 0 Å². The molecule has 0 aliphatic carbocycles. The summed E-state index contributed by atoms with van der Waals surface area (Å²) in [5.74, 6) is -0.896. The summed E-state index contributed by atoms with van der Waals surface area (Å²) in [6.45, 7) is 0. The SMILES string of the molecule is O=C(OC(c1ccccc1)c1ccccc1)[C@H]1C(/C=N/O)=CS[C@@H]2/C(=C\c3ccccn3)C(=O)N12. The number of oxime groups is 1. The van der Waals surface area contributed by atoms with Crippen molar-refractivity contribution in [2.45, 2.75) is 17.5 Å². The van der Waals surface area contributed by atoms with Gasteiger partial charge in [0.25, 0.3) is 5.91 Å². The fourth-order valence-electron chi connectivity index (χ4n) is 4.14. The van der Waals surface area contributed by atoms with Crippen molar-refractivity contribution >= 4 is 35.9 Å². The van der Waals surface area contributed by atoms with Gasteiger partial charge in [-0.2, -0.15) is 0 Å². The van der Waals surface area contributed by atoms with E-state index in [2.05, 4.69) is 10.1 Å². The van der Waals surface area contributed by atoms with E-state index < -0.39 is 18.1 Å². The highest BCUT2D eigenvalue weighted by Gasteiger charge is 2.52. The molecule has 1 aromatic heterocycles. The third-order valence-corrected chi connectivity index (χ3v) is 6.93. The number of nitrogens with zero attached hydrogens (tertiary/aromatic N) is 3. The van der Waals surface area contributed by atoms with E-state index in [1.807, 2.05) is 72.8 Å². The van der Waals surface area contributed by atoms with Crippen LogP contribution in [-0.4, -0.2) is 44.6 Å². The number of hydrogen-bond acceptors (Lipinski definition) is 7. The molecule has 8 heteroatoms. The van der Waals surface area contributed by atoms with E-state index in [9.17, 15) is 14.8 Å². The average Bonchev–Trinajstić information content (AvgIpc) is 2.91. The molecular formula is C27H21N3O4S. The maximum Gasteiger partial charge on any atom is 0.334 e. The van der Waals surface area contributed by atoms with Gasteiger partial charge in [0.1, 0.15) is 5.37 Å². The summed E-state index contributed by atoms with van der Waals surface area (Å²) >= 11 is 1.36.